The zero-order valence-electron chi connectivity index (χ0n) is 15.1. The third-order valence-corrected chi connectivity index (χ3v) is 3.57. The second kappa shape index (κ2) is 9.72. The zero-order chi connectivity index (χ0) is 20.5. The zero-order valence-corrected chi connectivity index (χ0v) is 15.1. The molecule has 0 saturated heterocycles. The molecule has 0 bridgehead atoms. The maximum absolute atomic E-state index is 12.2. The molecule has 9 nitrogen and oxygen atoms in total. The molecule has 0 saturated carbocycles. The molecule has 0 aliphatic carbocycles. The number of hydrogen-bond acceptors (Lipinski definition) is 6. The van der Waals surface area contributed by atoms with E-state index in [4.69, 9.17) is 9.47 Å². The van der Waals surface area contributed by atoms with Gasteiger partial charge in [0.15, 0.2) is 6.61 Å². The Bertz CT molecular complexity index is 897. The monoisotopic (exact) mass is 385 g/mol. The molecule has 146 valence electrons. The molecule has 2 aromatic rings. The Hall–Kier alpha value is -3.88. The van der Waals surface area contributed by atoms with Gasteiger partial charge in [-0.25, -0.2) is 0 Å². The summed E-state index contributed by atoms with van der Waals surface area (Å²) in [7, 11) is 1.30. The van der Waals surface area contributed by atoms with Gasteiger partial charge < -0.3 is 20.1 Å². The molecule has 2 rings (SSSR count). The number of nitrogens with one attached hydrogen (secondary N) is 2. The Balaban J connectivity index is 2.03. The van der Waals surface area contributed by atoms with Crippen LogP contribution in [0.3, 0.4) is 0 Å². The first kappa shape index (κ1) is 20.4. The highest BCUT2D eigenvalue weighted by Gasteiger charge is 2.16. The van der Waals surface area contributed by atoms with Crippen LogP contribution in [-0.2, 0) is 4.79 Å². The predicted molar refractivity (Wildman–Crippen MR) is 103 cm³/mol. The molecular weight excluding hydrogens is 366 g/mol. The van der Waals surface area contributed by atoms with Crippen LogP contribution in [0.1, 0.15) is 10.4 Å². The van der Waals surface area contributed by atoms with Crippen molar-refractivity contribution in [3.8, 4) is 11.5 Å². The summed E-state index contributed by atoms with van der Waals surface area (Å²) in [5.74, 6) is -0.597. The Morgan fingerprint density at radius 1 is 1.25 bits per heavy atom. The molecule has 0 aliphatic rings. The van der Waals surface area contributed by atoms with Crippen LogP contribution in [0.2, 0.25) is 0 Å². The largest absolute Gasteiger partial charge is 0.490 e. The number of nitro benzene ring substituents is 1. The second-order valence-electron chi connectivity index (χ2n) is 5.47. The number of ether oxygens (including phenoxy) is 2. The van der Waals surface area contributed by atoms with E-state index in [-0.39, 0.29) is 29.7 Å². The van der Waals surface area contributed by atoms with Gasteiger partial charge in [-0.05, 0) is 18.2 Å². The van der Waals surface area contributed by atoms with Gasteiger partial charge >= 0.3 is 5.69 Å². The summed E-state index contributed by atoms with van der Waals surface area (Å²) in [6, 6.07) is 10.4. The van der Waals surface area contributed by atoms with Gasteiger partial charge in [0, 0.05) is 18.7 Å². The van der Waals surface area contributed by atoms with Gasteiger partial charge in [-0.3, -0.25) is 19.7 Å². The van der Waals surface area contributed by atoms with E-state index >= 15 is 0 Å². The van der Waals surface area contributed by atoms with Crippen LogP contribution in [-0.4, -0.2) is 37.0 Å². The first-order chi connectivity index (χ1) is 13.5. The molecule has 2 aromatic carbocycles. The van der Waals surface area contributed by atoms with Crippen LogP contribution in [0.5, 0.6) is 11.5 Å². The number of carbonyl (C=O) groups is 2. The van der Waals surface area contributed by atoms with Gasteiger partial charge in [-0.15, -0.1) is 6.58 Å². The second-order valence-corrected chi connectivity index (χ2v) is 5.47. The lowest BCUT2D eigenvalue weighted by Crippen LogP contribution is -2.26. The highest BCUT2D eigenvalue weighted by Crippen LogP contribution is 2.30. The molecule has 0 unspecified atom stereocenters. The molecule has 0 radical (unpaired) electrons. The highest BCUT2D eigenvalue weighted by molar-refractivity contribution is 6.04. The van der Waals surface area contributed by atoms with Crippen LogP contribution in [0.25, 0.3) is 0 Å². The molecule has 0 heterocycles. The van der Waals surface area contributed by atoms with Crippen molar-refractivity contribution in [3.05, 3.63) is 70.8 Å². The summed E-state index contributed by atoms with van der Waals surface area (Å²) < 4.78 is 10.3. The minimum atomic E-state index is -0.580. The lowest BCUT2D eigenvalue weighted by molar-refractivity contribution is -0.385. The number of anilines is 1. The maximum atomic E-state index is 12.2. The van der Waals surface area contributed by atoms with E-state index in [1.54, 1.807) is 30.3 Å². The lowest BCUT2D eigenvalue weighted by Gasteiger charge is -2.12. The topological polar surface area (TPSA) is 120 Å². The van der Waals surface area contributed by atoms with E-state index in [1.165, 1.54) is 25.3 Å². The highest BCUT2D eigenvalue weighted by atomic mass is 16.6. The fourth-order valence-electron chi connectivity index (χ4n) is 2.28. The third-order valence-electron chi connectivity index (χ3n) is 3.57. The molecule has 0 spiro atoms. The number of hydrogen-bond donors (Lipinski definition) is 2. The number of methoxy groups -OCH3 is 1. The van der Waals surface area contributed by atoms with Crippen molar-refractivity contribution in [3.63, 3.8) is 0 Å². The molecule has 9 heteroatoms. The number of nitro groups is 1. The van der Waals surface area contributed by atoms with Gasteiger partial charge in [0.2, 0.25) is 5.75 Å². The SMILES string of the molecule is C=CCNC(=O)c1ccccc1NC(=O)COc1ccc([N+](=O)[O-])c(OC)c1. The van der Waals surface area contributed by atoms with Crippen LogP contribution < -0.4 is 20.1 Å². The molecule has 0 atom stereocenters. The maximum Gasteiger partial charge on any atom is 0.311 e. The van der Waals surface area contributed by atoms with Crippen molar-refractivity contribution in [1.82, 2.24) is 5.32 Å². The Labute approximate surface area is 161 Å². The van der Waals surface area contributed by atoms with Gasteiger partial charge in [0.05, 0.1) is 23.3 Å². The van der Waals surface area contributed by atoms with Gasteiger partial charge in [0.25, 0.3) is 11.8 Å². The quantitative estimate of drug-likeness (QED) is 0.389. The summed E-state index contributed by atoms with van der Waals surface area (Å²) >= 11 is 0. The minimum absolute atomic E-state index is 0.0205. The molecule has 28 heavy (non-hydrogen) atoms. The number of para-hydroxylation sites is 1. The van der Waals surface area contributed by atoms with Crippen molar-refractivity contribution >= 4 is 23.2 Å². The van der Waals surface area contributed by atoms with Crippen LogP contribution in [0.15, 0.2) is 55.1 Å². The van der Waals surface area contributed by atoms with Crippen molar-refractivity contribution in [2.24, 2.45) is 0 Å². The summed E-state index contributed by atoms with van der Waals surface area (Å²) in [5, 5.41) is 16.1. The number of amides is 2. The number of nitrogens with zero attached hydrogens (tertiary/aromatic N) is 1. The molecule has 0 fully saturated rings. The van der Waals surface area contributed by atoms with E-state index in [1.807, 2.05) is 0 Å². The Morgan fingerprint density at radius 2 is 2.00 bits per heavy atom. The standard InChI is InChI=1S/C19H19N3O6/c1-3-10-20-19(24)14-6-4-5-7-15(14)21-18(23)12-28-13-8-9-16(22(25)26)17(11-13)27-2/h3-9,11H,1,10,12H2,2H3,(H,20,24)(H,21,23). The molecule has 2 N–H and O–H groups in total. The Kier molecular flexibility index (Phi) is 7.09. The van der Waals surface area contributed by atoms with E-state index in [2.05, 4.69) is 17.2 Å². The van der Waals surface area contributed by atoms with Crippen molar-refractivity contribution in [2.45, 2.75) is 0 Å². The fourth-order valence-corrected chi connectivity index (χ4v) is 2.28. The van der Waals surface area contributed by atoms with Crippen molar-refractivity contribution < 1.29 is 24.0 Å². The molecule has 0 aromatic heterocycles. The first-order valence-corrected chi connectivity index (χ1v) is 8.19. The summed E-state index contributed by atoms with van der Waals surface area (Å²) in [6.45, 7) is 3.47. The van der Waals surface area contributed by atoms with E-state index in [0.29, 0.717) is 17.8 Å². The van der Waals surface area contributed by atoms with Crippen LogP contribution in [0.4, 0.5) is 11.4 Å². The normalized spacial score (nSPS) is 9.89. The summed E-state index contributed by atoms with van der Waals surface area (Å²) in [5.41, 5.74) is 0.424. The average molecular weight is 385 g/mol. The summed E-state index contributed by atoms with van der Waals surface area (Å²) in [4.78, 5) is 34.6. The molecule has 2 amide bonds. The van der Waals surface area contributed by atoms with E-state index in [9.17, 15) is 19.7 Å². The van der Waals surface area contributed by atoms with Gasteiger partial charge in [0.1, 0.15) is 5.75 Å². The van der Waals surface area contributed by atoms with E-state index in [0.717, 1.165) is 0 Å². The number of rotatable bonds is 9. The molecule has 0 aliphatic heterocycles. The first-order valence-electron chi connectivity index (χ1n) is 8.19. The fraction of sp³-hybridized carbons (Fsp3) is 0.158. The van der Waals surface area contributed by atoms with Crippen molar-refractivity contribution in [2.75, 3.05) is 25.6 Å². The van der Waals surface area contributed by atoms with Gasteiger partial charge in [-0.1, -0.05) is 18.2 Å². The van der Waals surface area contributed by atoms with Crippen LogP contribution >= 0.6 is 0 Å². The lowest BCUT2D eigenvalue weighted by atomic mass is 10.1. The van der Waals surface area contributed by atoms with Crippen molar-refractivity contribution in [1.29, 1.82) is 0 Å². The Morgan fingerprint density at radius 3 is 2.68 bits per heavy atom. The molecular formula is C19H19N3O6. The smallest absolute Gasteiger partial charge is 0.311 e. The van der Waals surface area contributed by atoms with Crippen LogP contribution in [0, 0.1) is 10.1 Å². The average Bonchev–Trinajstić information content (AvgIpc) is 2.70. The predicted octanol–water partition coefficient (Wildman–Crippen LogP) is 2.54. The third kappa shape index (κ3) is 5.31. The minimum Gasteiger partial charge on any atom is -0.490 e. The van der Waals surface area contributed by atoms with E-state index < -0.39 is 10.8 Å². The number of carbonyl (C=O) groups excluding carboxylic acids is 2. The summed E-state index contributed by atoms with van der Waals surface area (Å²) in [6.07, 6.45) is 1.55. The number of benzene rings is 2. The van der Waals surface area contributed by atoms with Gasteiger partial charge in [-0.2, -0.15) is 0 Å².